The minimum absolute atomic E-state index is 0.120. The third-order valence-electron chi connectivity index (χ3n) is 13.4. The second-order valence-corrected chi connectivity index (χ2v) is 17.0. The van der Waals surface area contributed by atoms with Crippen molar-refractivity contribution in [2.75, 3.05) is 31.3 Å². The highest BCUT2D eigenvalue weighted by molar-refractivity contribution is 7.05. The van der Waals surface area contributed by atoms with Gasteiger partial charge >= 0.3 is 0 Å². The number of para-hydroxylation sites is 1. The lowest BCUT2D eigenvalue weighted by molar-refractivity contribution is 0.210. The lowest BCUT2D eigenvalue weighted by Crippen LogP contribution is -2.62. The zero-order chi connectivity index (χ0) is 42.8. The molecule has 0 saturated heterocycles. The molecule has 0 aliphatic carbocycles. The predicted octanol–water partition coefficient (Wildman–Crippen LogP) is 8.99. The van der Waals surface area contributed by atoms with Gasteiger partial charge in [0.2, 0.25) is 13.4 Å². The maximum Gasteiger partial charge on any atom is 0.284 e. The number of fused-ring (bicyclic) bond motifs is 10. The first-order chi connectivity index (χ1) is 32.3. The SMILES string of the molecule is c1coc(OCCCOc2ccc(-c3ccc4c(c3)B3c5cccc6c5N(c5cccc-4c53)c3ccc(-c4ccc(OCCCOc5ccco5)cc4)c4c3B6c3ccccc3-4)cc2)c1. The summed E-state index contributed by atoms with van der Waals surface area (Å²) in [6, 6.07) is 59.1. The molecule has 0 amide bonds. The van der Waals surface area contributed by atoms with Crippen molar-refractivity contribution in [2.24, 2.45) is 0 Å². The molecule has 13 rings (SSSR count). The maximum absolute atomic E-state index is 6.13. The lowest BCUT2D eigenvalue weighted by atomic mass is 9.32. The topological polar surface area (TPSA) is 66.4 Å². The van der Waals surface area contributed by atoms with Gasteiger partial charge in [0.15, 0.2) is 0 Å². The number of nitrogens with zero attached hydrogens (tertiary/aromatic N) is 1. The molecule has 0 atom stereocenters. The third kappa shape index (κ3) is 6.21. The van der Waals surface area contributed by atoms with Crippen molar-refractivity contribution in [2.45, 2.75) is 12.8 Å². The first-order valence-electron chi connectivity index (χ1n) is 22.5. The number of hydrogen-bond acceptors (Lipinski definition) is 7. The quantitative estimate of drug-likeness (QED) is 0.0800. The summed E-state index contributed by atoms with van der Waals surface area (Å²) in [4.78, 5) is 2.59. The normalized spacial score (nSPS) is 12.9. The van der Waals surface area contributed by atoms with Gasteiger partial charge in [-0.2, -0.15) is 0 Å². The van der Waals surface area contributed by atoms with E-state index in [0.717, 1.165) is 24.3 Å². The Hall–Kier alpha value is -7.77. The van der Waals surface area contributed by atoms with Crippen molar-refractivity contribution in [3.8, 4) is 67.9 Å². The van der Waals surface area contributed by atoms with E-state index in [4.69, 9.17) is 27.8 Å². The van der Waals surface area contributed by atoms with E-state index in [-0.39, 0.29) is 13.4 Å². The van der Waals surface area contributed by atoms with E-state index in [0.29, 0.717) is 38.3 Å². The molecule has 312 valence electrons. The van der Waals surface area contributed by atoms with Gasteiger partial charge in [-0.25, -0.2) is 0 Å². The van der Waals surface area contributed by atoms with Gasteiger partial charge in [-0.15, -0.1) is 0 Å². The molecule has 65 heavy (non-hydrogen) atoms. The Labute approximate surface area is 378 Å². The van der Waals surface area contributed by atoms with Crippen molar-refractivity contribution in [3.05, 3.63) is 176 Å². The van der Waals surface area contributed by atoms with Gasteiger partial charge in [0, 0.05) is 42.0 Å². The average molecular weight is 846 g/mol. The van der Waals surface area contributed by atoms with Crippen molar-refractivity contribution >= 4 is 63.3 Å². The Morgan fingerprint density at radius 2 is 0.969 bits per heavy atom. The molecule has 0 fully saturated rings. The Morgan fingerprint density at radius 3 is 1.66 bits per heavy atom. The van der Waals surface area contributed by atoms with Crippen molar-refractivity contribution in [1.82, 2.24) is 0 Å². The van der Waals surface area contributed by atoms with E-state index >= 15 is 0 Å². The summed E-state index contributed by atoms with van der Waals surface area (Å²) in [6.45, 7) is 2.43. The molecule has 0 unspecified atom stereocenters. The van der Waals surface area contributed by atoms with E-state index in [1.807, 2.05) is 24.3 Å². The number of hydrogen-bond donors (Lipinski definition) is 0. The molecule has 2 aromatic heterocycles. The minimum atomic E-state index is 0.120. The molecule has 0 spiro atoms. The highest BCUT2D eigenvalue weighted by atomic mass is 16.6. The molecular formula is C56H41B2NO6. The van der Waals surface area contributed by atoms with Crippen LogP contribution in [-0.2, 0) is 0 Å². The average Bonchev–Trinajstić information content (AvgIpc) is 4.19. The highest BCUT2D eigenvalue weighted by Gasteiger charge is 2.49. The Morgan fingerprint density at radius 1 is 0.400 bits per heavy atom. The predicted molar refractivity (Wildman–Crippen MR) is 261 cm³/mol. The van der Waals surface area contributed by atoms with Crippen LogP contribution in [0.3, 0.4) is 0 Å². The molecule has 4 aliphatic heterocycles. The first kappa shape index (κ1) is 37.8. The molecular weight excluding hydrogens is 804 g/mol. The second-order valence-electron chi connectivity index (χ2n) is 17.0. The summed E-state index contributed by atoms with van der Waals surface area (Å²) in [5.74, 6) is 2.76. The molecule has 9 aromatic rings. The molecule has 0 bridgehead atoms. The minimum Gasteiger partial charge on any atom is -0.493 e. The van der Waals surface area contributed by atoms with Crippen LogP contribution in [0.2, 0.25) is 0 Å². The molecule has 4 aliphatic rings. The van der Waals surface area contributed by atoms with Crippen molar-refractivity contribution in [1.29, 1.82) is 0 Å². The zero-order valence-electron chi connectivity index (χ0n) is 35.5. The van der Waals surface area contributed by atoms with Crippen LogP contribution in [0.15, 0.2) is 185 Å². The van der Waals surface area contributed by atoms with E-state index in [2.05, 4.69) is 144 Å². The van der Waals surface area contributed by atoms with Crippen LogP contribution in [-0.4, -0.2) is 39.9 Å². The summed E-state index contributed by atoms with van der Waals surface area (Å²) in [7, 11) is 0. The van der Waals surface area contributed by atoms with Gasteiger partial charge in [-0.1, -0.05) is 114 Å². The molecule has 9 heteroatoms. The molecule has 7 aromatic carbocycles. The van der Waals surface area contributed by atoms with E-state index in [1.54, 1.807) is 12.5 Å². The monoisotopic (exact) mass is 845 g/mol. The largest absolute Gasteiger partial charge is 0.493 e. The molecule has 6 heterocycles. The highest BCUT2D eigenvalue weighted by Crippen LogP contribution is 2.46. The van der Waals surface area contributed by atoms with Gasteiger partial charge in [-0.05, 0) is 115 Å². The fourth-order valence-electron chi connectivity index (χ4n) is 10.8. The lowest BCUT2D eigenvalue weighted by Gasteiger charge is -2.42. The van der Waals surface area contributed by atoms with E-state index in [9.17, 15) is 0 Å². The van der Waals surface area contributed by atoms with Gasteiger partial charge in [0.25, 0.3) is 11.9 Å². The molecule has 7 nitrogen and oxygen atoms in total. The standard InChI is InChI=1S/C56H41B2NO6/c1-2-11-45-44(9-1)53-41(37-19-24-40(25-20-37)61-32-8-34-65-52-16-6-30-63-52)27-28-50-55(53)57(45)46-12-4-13-47-56(46)59(50)49-14-3-10-43-42-26-21-38(35-48(42)58(47)54(43)49)36-17-22-39(23-18-36)60-31-7-33-64-51-15-5-29-62-51/h1-6,9-30,35H,7-8,31-34H2. The number of furan rings is 2. The zero-order valence-corrected chi connectivity index (χ0v) is 35.5. The van der Waals surface area contributed by atoms with Crippen LogP contribution in [0.25, 0.3) is 44.5 Å². The van der Waals surface area contributed by atoms with E-state index < -0.39 is 0 Å². The summed E-state index contributed by atoms with van der Waals surface area (Å²) in [5, 5.41) is 0. The fraction of sp³-hybridized carbons (Fsp3) is 0.107. The molecule has 0 radical (unpaired) electrons. The number of rotatable bonds is 14. The van der Waals surface area contributed by atoms with Crippen LogP contribution in [0.1, 0.15) is 12.8 Å². The van der Waals surface area contributed by atoms with Crippen molar-refractivity contribution < 1.29 is 27.8 Å². The van der Waals surface area contributed by atoms with Gasteiger partial charge in [0.05, 0.1) is 39.0 Å². The number of anilines is 3. The van der Waals surface area contributed by atoms with Gasteiger partial charge in [-0.3, -0.25) is 0 Å². The summed E-state index contributed by atoms with van der Waals surface area (Å²) < 4.78 is 34.0. The Bertz CT molecular complexity index is 3220. The van der Waals surface area contributed by atoms with Gasteiger partial charge in [0.1, 0.15) is 11.5 Å². The smallest absolute Gasteiger partial charge is 0.284 e. The van der Waals surface area contributed by atoms with Crippen LogP contribution in [0.4, 0.5) is 17.1 Å². The Kier molecular flexibility index (Phi) is 9.00. The number of ether oxygens (including phenoxy) is 4. The first-order valence-corrected chi connectivity index (χ1v) is 22.5. The third-order valence-corrected chi connectivity index (χ3v) is 13.4. The molecule has 0 saturated carbocycles. The number of benzene rings is 7. The summed E-state index contributed by atoms with van der Waals surface area (Å²) in [5.41, 5.74) is 22.1. The van der Waals surface area contributed by atoms with E-state index in [1.165, 1.54) is 94.3 Å². The van der Waals surface area contributed by atoms with Gasteiger partial charge < -0.3 is 32.7 Å². The van der Waals surface area contributed by atoms with Crippen LogP contribution >= 0.6 is 0 Å². The van der Waals surface area contributed by atoms with Crippen LogP contribution < -0.4 is 56.6 Å². The summed E-state index contributed by atoms with van der Waals surface area (Å²) >= 11 is 0. The van der Waals surface area contributed by atoms with Crippen LogP contribution in [0.5, 0.6) is 23.4 Å². The van der Waals surface area contributed by atoms with Crippen LogP contribution in [0, 0.1) is 0 Å². The maximum atomic E-state index is 6.13. The summed E-state index contributed by atoms with van der Waals surface area (Å²) in [6.07, 6.45) is 4.74. The Balaban J connectivity index is 0.822. The van der Waals surface area contributed by atoms with Crippen molar-refractivity contribution in [3.63, 3.8) is 0 Å². The molecule has 0 N–H and O–H groups in total. The fourth-order valence-corrected chi connectivity index (χ4v) is 10.8. The second kappa shape index (κ2) is 15.5.